The number of carbonyl (C=O) groups excluding carboxylic acids is 2. The highest BCUT2D eigenvalue weighted by Gasteiger charge is 2.50. The number of nitrogen functional groups attached to an aromatic ring is 1. The van der Waals surface area contributed by atoms with Crippen molar-refractivity contribution < 1.29 is 19.5 Å². The minimum atomic E-state index is -1.75. The Balaban J connectivity index is 2.62. The molecule has 126 valence electrons. The van der Waals surface area contributed by atoms with E-state index < -0.39 is 17.2 Å². The second-order valence-corrected chi connectivity index (χ2v) is 5.86. The smallest absolute Gasteiger partial charge is 0.326 e. The monoisotopic (exact) mass is 347 g/mol. The zero-order valence-corrected chi connectivity index (χ0v) is 13.8. The molecule has 0 saturated carbocycles. The highest BCUT2D eigenvalue weighted by atomic mass is 32.1. The summed E-state index contributed by atoms with van der Waals surface area (Å²) in [4.78, 5) is 29.6. The van der Waals surface area contributed by atoms with Crippen LogP contribution in [0.1, 0.15) is 18.2 Å². The summed E-state index contributed by atoms with van der Waals surface area (Å²) in [7, 11) is 0. The number of hydrogen-bond donors (Lipinski definition) is 2. The fourth-order valence-electron chi connectivity index (χ4n) is 2.38. The number of oxime groups is 1. The van der Waals surface area contributed by atoms with E-state index in [0.717, 1.165) is 16.9 Å². The van der Waals surface area contributed by atoms with Gasteiger partial charge >= 0.3 is 5.97 Å². The molecule has 0 spiro atoms. The van der Waals surface area contributed by atoms with Gasteiger partial charge in [0.25, 0.3) is 0 Å². The number of esters is 1. The van der Waals surface area contributed by atoms with Gasteiger partial charge in [-0.15, -0.1) is 11.3 Å². The topological polar surface area (TPSA) is 115 Å². The lowest BCUT2D eigenvalue weighted by Gasteiger charge is -2.27. The number of benzene rings is 1. The fourth-order valence-corrected chi connectivity index (χ4v) is 3.02. The molecule has 2 aromatic rings. The normalized spacial score (nSPS) is 13.5. The minimum absolute atomic E-state index is 0.0146. The number of nitrogens with zero attached hydrogens (tertiary/aromatic N) is 2. The molecule has 1 aromatic carbocycles. The van der Waals surface area contributed by atoms with Crippen LogP contribution in [-0.2, 0) is 26.2 Å². The van der Waals surface area contributed by atoms with Crippen molar-refractivity contribution in [1.82, 2.24) is 4.98 Å². The summed E-state index contributed by atoms with van der Waals surface area (Å²) >= 11 is 1.11. The van der Waals surface area contributed by atoms with E-state index in [-0.39, 0.29) is 23.9 Å². The van der Waals surface area contributed by atoms with Gasteiger partial charge in [-0.05, 0) is 12.5 Å². The number of nitrogens with two attached hydrogens (primary N) is 1. The molecule has 0 amide bonds. The van der Waals surface area contributed by atoms with Crippen LogP contribution in [0.15, 0.2) is 40.9 Å². The Morgan fingerprint density at radius 2 is 2.12 bits per heavy atom. The van der Waals surface area contributed by atoms with Crippen molar-refractivity contribution in [3.05, 3.63) is 47.0 Å². The highest BCUT2D eigenvalue weighted by Crippen LogP contribution is 2.33. The van der Waals surface area contributed by atoms with E-state index in [9.17, 15) is 9.59 Å². The predicted molar refractivity (Wildman–Crippen MR) is 90.3 cm³/mol. The average Bonchev–Trinajstić information content (AvgIpc) is 3.00. The van der Waals surface area contributed by atoms with E-state index in [2.05, 4.69) is 10.1 Å². The molecule has 1 unspecified atom stereocenters. The van der Waals surface area contributed by atoms with Crippen LogP contribution < -0.4 is 5.73 Å². The molecule has 0 saturated heterocycles. The number of anilines is 1. The molecular weight excluding hydrogens is 330 g/mol. The van der Waals surface area contributed by atoms with Crippen LogP contribution in [0.25, 0.3) is 0 Å². The number of rotatable bonds is 7. The van der Waals surface area contributed by atoms with Crippen molar-refractivity contribution in [2.75, 3.05) is 12.3 Å². The molecule has 1 atom stereocenters. The molecule has 0 bridgehead atoms. The van der Waals surface area contributed by atoms with E-state index in [4.69, 9.17) is 15.7 Å². The number of Topliss-reactive ketones (excluding diaryl/α,β-unsaturated/α-hetero) is 1. The first kappa shape index (κ1) is 17.6. The van der Waals surface area contributed by atoms with Crippen molar-refractivity contribution in [3.8, 4) is 0 Å². The van der Waals surface area contributed by atoms with Crippen molar-refractivity contribution >= 4 is 34.4 Å². The number of thiazole rings is 1. The van der Waals surface area contributed by atoms with Gasteiger partial charge in [-0.1, -0.05) is 35.5 Å². The van der Waals surface area contributed by atoms with Crippen LogP contribution in [0, 0.1) is 0 Å². The van der Waals surface area contributed by atoms with Crippen molar-refractivity contribution in [3.63, 3.8) is 0 Å². The molecule has 3 N–H and O–H groups in total. The van der Waals surface area contributed by atoms with E-state index in [0.29, 0.717) is 6.21 Å². The molecule has 1 aromatic heterocycles. The largest absolute Gasteiger partial charge is 0.465 e. The zero-order chi connectivity index (χ0) is 17.6. The number of ether oxygens (including phenoxy) is 1. The molecule has 24 heavy (non-hydrogen) atoms. The Labute approximate surface area is 142 Å². The third kappa shape index (κ3) is 3.43. The standard InChI is InChI=1S/C16H17N3O4S/c1-2-23-14(21)16(13(20)9-18-22,12-10-24-15(17)19-12)8-11-6-4-3-5-7-11/h3-7,9-10,22H,2,8H2,1H3,(H2,17,19)/b18-9+. The Morgan fingerprint density at radius 1 is 1.42 bits per heavy atom. The lowest BCUT2D eigenvalue weighted by atomic mass is 9.75. The quantitative estimate of drug-likeness (QED) is 0.259. The van der Waals surface area contributed by atoms with E-state index in [1.165, 1.54) is 5.38 Å². The summed E-state index contributed by atoms with van der Waals surface area (Å²) in [6.45, 7) is 1.74. The average molecular weight is 347 g/mol. The summed E-state index contributed by atoms with van der Waals surface area (Å²) in [5.41, 5.74) is 4.84. The second-order valence-electron chi connectivity index (χ2n) is 4.97. The number of carbonyl (C=O) groups is 2. The Kier molecular flexibility index (Phi) is 5.64. The van der Waals surface area contributed by atoms with Gasteiger partial charge in [0, 0.05) is 11.8 Å². The van der Waals surface area contributed by atoms with Crippen molar-refractivity contribution in [2.24, 2.45) is 5.16 Å². The van der Waals surface area contributed by atoms with Gasteiger partial charge in [-0.2, -0.15) is 0 Å². The van der Waals surface area contributed by atoms with Crippen LogP contribution in [0.4, 0.5) is 5.13 Å². The van der Waals surface area contributed by atoms with Crippen LogP contribution in [0.5, 0.6) is 0 Å². The Bertz CT molecular complexity index is 745. The summed E-state index contributed by atoms with van der Waals surface area (Å²) in [5.74, 6) is -1.48. The van der Waals surface area contributed by atoms with Crippen LogP contribution in [-0.4, -0.2) is 34.8 Å². The molecule has 7 nitrogen and oxygen atoms in total. The van der Waals surface area contributed by atoms with Gasteiger partial charge in [0.15, 0.2) is 10.5 Å². The third-order valence-electron chi connectivity index (χ3n) is 3.49. The maximum atomic E-state index is 12.7. The zero-order valence-electron chi connectivity index (χ0n) is 13.0. The molecular formula is C16H17N3O4S. The summed E-state index contributed by atoms with van der Waals surface area (Å²) in [6.07, 6.45) is 0.704. The van der Waals surface area contributed by atoms with Crippen molar-refractivity contribution in [1.29, 1.82) is 0 Å². The summed E-state index contributed by atoms with van der Waals surface area (Å²) in [6, 6.07) is 8.99. The van der Waals surface area contributed by atoms with Gasteiger partial charge in [-0.25, -0.2) is 4.98 Å². The van der Waals surface area contributed by atoms with Gasteiger partial charge in [0.1, 0.15) is 6.21 Å². The highest BCUT2D eigenvalue weighted by molar-refractivity contribution is 7.13. The molecule has 0 radical (unpaired) electrons. The molecule has 0 fully saturated rings. The maximum absolute atomic E-state index is 12.7. The molecule has 8 heteroatoms. The summed E-state index contributed by atoms with van der Waals surface area (Å²) < 4.78 is 5.13. The second kappa shape index (κ2) is 7.69. The third-order valence-corrected chi connectivity index (χ3v) is 4.16. The van der Waals surface area contributed by atoms with E-state index in [1.54, 1.807) is 31.2 Å². The lowest BCUT2D eigenvalue weighted by molar-refractivity contribution is -0.152. The molecule has 1 heterocycles. The minimum Gasteiger partial charge on any atom is -0.465 e. The number of hydrogen-bond acceptors (Lipinski definition) is 8. The SMILES string of the molecule is CCOC(=O)C(Cc1ccccc1)(C(=O)/C=N/O)c1csc(N)n1. The number of aromatic nitrogens is 1. The van der Waals surface area contributed by atoms with Crippen LogP contribution in [0.2, 0.25) is 0 Å². The van der Waals surface area contributed by atoms with Crippen LogP contribution >= 0.6 is 11.3 Å². The molecule has 0 aliphatic carbocycles. The Morgan fingerprint density at radius 3 is 2.67 bits per heavy atom. The van der Waals surface area contributed by atoms with Gasteiger partial charge < -0.3 is 15.7 Å². The lowest BCUT2D eigenvalue weighted by Crippen LogP contribution is -2.48. The molecule has 0 aliphatic heterocycles. The predicted octanol–water partition coefficient (Wildman–Crippen LogP) is 1.80. The fraction of sp³-hybridized carbons (Fsp3) is 0.250. The Hall–Kier alpha value is -2.74. The van der Waals surface area contributed by atoms with Crippen molar-refractivity contribution in [2.45, 2.75) is 18.8 Å². The van der Waals surface area contributed by atoms with E-state index in [1.807, 2.05) is 6.07 Å². The first-order valence-electron chi connectivity index (χ1n) is 7.19. The molecule has 2 rings (SSSR count). The maximum Gasteiger partial charge on any atom is 0.326 e. The van der Waals surface area contributed by atoms with E-state index >= 15 is 0 Å². The van der Waals surface area contributed by atoms with Crippen LogP contribution in [0.3, 0.4) is 0 Å². The summed E-state index contributed by atoms with van der Waals surface area (Å²) in [5, 5.41) is 13.3. The van der Waals surface area contributed by atoms with Gasteiger partial charge in [-0.3, -0.25) is 9.59 Å². The van der Waals surface area contributed by atoms with Gasteiger partial charge in [0.05, 0.1) is 12.3 Å². The molecule has 0 aliphatic rings. The van der Waals surface area contributed by atoms with Gasteiger partial charge in [0.2, 0.25) is 5.78 Å². The number of ketones is 1. The first-order valence-corrected chi connectivity index (χ1v) is 8.07. The first-order chi connectivity index (χ1) is 11.5.